The first kappa shape index (κ1) is 28.4. The second-order valence-electron chi connectivity index (χ2n) is 9.36. The first-order valence-electron chi connectivity index (χ1n) is 12.4. The van der Waals surface area contributed by atoms with Crippen LogP contribution in [0.5, 0.6) is 0 Å². The van der Waals surface area contributed by atoms with Crippen molar-refractivity contribution in [1.29, 1.82) is 0 Å². The molecule has 1 aliphatic rings. The Morgan fingerprint density at radius 2 is 1.53 bits per heavy atom. The van der Waals surface area contributed by atoms with Gasteiger partial charge in [-0.3, -0.25) is 14.5 Å². The smallest absolute Gasteiger partial charge is 0.233 e. The van der Waals surface area contributed by atoms with E-state index in [1.165, 1.54) is 4.90 Å². The van der Waals surface area contributed by atoms with Crippen LogP contribution in [-0.2, 0) is 41.6 Å². The molecule has 1 unspecified atom stereocenters. The predicted molar refractivity (Wildman–Crippen MR) is 126 cm³/mol. The van der Waals surface area contributed by atoms with E-state index in [-0.39, 0.29) is 36.6 Å². The number of rotatable bonds is 19. The summed E-state index contributed by atoms with van der Waals surface area (Å²) in [5.74, 6) is 0.227. The highest BCUT2D eigenvalue weighted by Gasteiger charge is 2.40. The molecule has 0 radical (unpaired) electrons. The van der Waals surface area contributed by atoms with Crippen molar-refractivity contribution in [1.82, 2.24) is 19.9 Å². The Balaban J connectivity index is 1.44. The summed E-state index contributed by atoms with van der Waals surface area (Å²) in [6.07, 6.45) is 3.73. The maximum absolute atomic E-state index is 12.4. The molecule has 0 N–H and O–H groups in total. The minimum absolute atomic E-state index is 0.112. The lowest BCUT2D eigenvalue weighted by molar-refractivity contribution is -0.140. The molecule has 2 heterocycles. The van der Waals surface area contributed by atoms with Gasteiger partial charge in [-0.15, -0.1) is 5.10 Å². The Labute approximate surface area is 203 Å². The number of hydrogen-bond acceptors (Lipinski definition) is 8. The van der Waals surface area contributed by atoms with Crippen LogP contribution in [0.2, 0.25) is 0 Å². The van der Waals surface area contributed by atoms with Crippen LogP contribution in [0.4, 0.5) is 0 Å². The lowest BCUT2D eigenvalue weighted by Gasteiger charge is -2.14. The van der Waals surface area contributed by atoms with Gasteiger partial charge in [-0.25, -0.2) is 4.68 Å². The maximum atomic E-state index is 12.4. The standard InChI is InChI=1S/C24H42N4O6/c1-19(2)18-34-14-13-33-11-6-9-31-8-5-10-32-12-7-27-16-21(25-26-27)17-28-23(29)15-22(20(3)4)24(28)30/h16,19-20,22H,5-15,17-18H2,1-4H3. The SMILES string of the molecule is CC(C)COCCOCCCOCCCOCCn1cc(CN2C(=O)CC(C(C)C)C2=O)nn1. The summed E-state index contributed by atoms with van der Waals surface area (Å²) >= 11 is 0. The molecular weight excluding hydrogens is 440 g/mol. The van der Waals surface area contributed by atoms with Gasteiger partial charge in [0.25, 0.3) is 0 Å². The fourth-order valence-corrected chi connectivity index (χ4v) is 3.51. The largest absolute Gasteiger partial charge is 0.381 e. The minimum Gasteiger partial charge on any atom is -0.381 e. The van der Waals surface area contributed by atoms with Crippen molar-refractivity contribution in [2.45, 2.75) is 60.0 Å². The van der Waals surface area contributed by atoms with Gasteiger partial charge < -0.3 is 18.9 Å². The zero-order valence-electron chi connectivity index (χ0n) is 21.2. The number of hydrogen-bond donors (Lipinski definition) is 0. The van der Waals surface area contributed by atoms with Crippen LogP contribution in [0.3, 0.4) is 0 Å². The molecule has 2 amide bonds. The summed E-state index contributed by atoms with van der Waals surface area (Å²) in [7, 11) is 0. The highest BCUT2D eigenvalue weighted by atomic mass is 16.5. The molecule has 0 saturated carbocycles. The maximum Gasteiger partial charge on any atom is 0.233 e. The van der Waals surface area contributed by atoms with Crippen LogP contribution >= 0.6 is 0 Å². The van der Waals surface area contributed by atoms with Crippen molar-refractivity contribution in [2.75, 3.05) is 52.9 Å². The van der Waals surface area contributed by atoms with Gasteiger partial charge in [-0.1, -0.05) is 32.9 Å². The van der Waals surface area contributed by atoms with E-state index in [4.69, 9.17) is 18.9 Å². The molecule has 10 heteroatoms. The Morgan fingerprint density at radius 3 is 2.15 bits per heavy atom. The monoisotopic (exact) mass is 482 g/mol. The molecule has 0 spiro atoms. The van der Waals surface area contributed by atoms with Crippen LogP contribution in [0.15, 0.2) is 6.20 Å². The van der Waals surface area contributed by atoms with Gasteiger partial charge in [0.15, 0.2) is 0 Å². The van der Waals surface area contributed by atoms with E-state index in [9.17, 15) is 9.59 Å². The number of aromatic nitrogens is 3. The van der Waals surface area contributed by atoms with Gasteiger partial charge >= 0.3 is 0 Å². The van der Waals surface area contributed by atoms with E-state index >= 15 is 0 Å². The molecule has 1 aliphatic heterocycles. The van der Waals surface area contributed by atoms with Crippen molar-refractivity contribution in [2.24, 2.45) is 17.8 Å². The fraction of sp³-hybridized carbons (Fsp3) is 0.833. The average molecular weight is 483 g/mol. The van der Waals surface area contributed by atoms with E-state index in [0.29, 0.717) is 64.4 Å². The van der Waals surface area contributed by atoms with Crippen LogP contribution in [0.25, 0.3) is 0 Å². The highest BCUT2D eigenvalue weighted by Crippen LogP contribution is 2.27. The normalized spacial score (nSPS) is 16.5. The summed E-state index contributed by atoms with van der Waals surface area (Å²) in [5.41, 5.74) is 0.603. The molecule has 1 saturated heterocycles. The topological polar surface area (TPSA) is 105 Å². The van der Waals surface area contributed by atoms with Gasteiger partial charge in [0, 0.05) is 45.4 Å². The summed E-state index contributed by atoms with van der Waals surface area (Å²) in [5, 5.41) is 8.15. The molecule has 0 aliphatic carbocycles. The lowest BCUT2D eigenvalue weighted by atomic mass is 9.94. The predicted octanol–water partition coefficient (Wildman–Crippen LogP) is 2.31. The number of carbonyl (C=O) groups is 2. The first-order chi connectivity index (χ1) is 16.4. The number of amides is 2. The minimum atomic E-state index is -0.229. The van der Waals surface area contributed by atoms with Crippen LogP contribution < -0.4 is 0 Å². The lowest BCUT2D eigenvalue weighted by Crippen LogP contribution is -2.31. The van der Waals surface area contributed by atoms with Crippen LogP contribution in [0.1, 0.15) is 52.7 Å². The van der Waals surface area contributed by atoms with Crippen molar-refractivity contribution in [3.8, 4) is 0 Å². The van der Waals surface area contributed by atoms with Crippen LogP contribution in [0, 0.1) is 17.8 Å². The van der Waals surface area contributed by atoms with E-state index < -0.39 is 0 Å². The Morgan fingerprint density at radius 1 is 0.912 bits per heavy atom. The van der Waals surface area contributed by atoms with Crippen molar-refractivity contribution in [3.63, 3.8) is 0 Å². The summed E-state index contributed by atoms with van der Waals surface area (Å²) in [6, 6.07) is 0. The van der Waals surface area contributed by atoms with Gasteiger partial charge in [0.05, 0.1) is 39.1 Å². The molecule has 0 aromatic carbocycles. The number of ether oxygens (including phenoxy) is 4. The molecule has 1 aromatic heterocycles. The van der Waals surface area contributed by atoms with Crippen LogP contribution in [-0.4, -0.2) is 84.6 Å². The number of likely N-dealkylation sites (tertiary alicyclic amines) is 1. The summed E-state index contributed by atoms with van der Waals surface area (Å²) in [6.45, 7) is 14.1. The molecular formula is C24H42N4O6. The van der Waals surface area contributed by atoms with Crippen molar-refractivity contribution in [3.05, 3.63) is 11.9 Å². The second-order valence-corrected chi connectivity index (χ2v) is 9.36. The van der Waals surface area contributed by atoms with Crippen molar-refractivity contribution < 1.29 is 28.5 Å². The molecule has 2 rings (SSSR count). The zero-order valence-corrected chi connectivity index (χ0v) is 21.2. The third-order valence-corrected chi connectivity index (χ3v) is 5.43. The van der Waals surface area contributed by atoms with E-state index in [1.54, 1.807) is 10.9 Å². The molecule has 194 valence electrons. The molecule has 1 atom stereocenters. The summed E-state index contributed by atoms with van der Waals surface area (Å²) in [4.78, 5) is 25.9. The number of imide groups is 1. The molecule has 10 nitrogen and oxygen atoms in total. The zero-order chi connectivity index (χ0) is 24.8. The van der Waals surface area contributed by atoms with Gasteiger partial charge in [0.1, 0.15) is 5.69 Å². The quantitative estimate of drug-likeness (QED) is 0.219. The fourth-order valence-electron chi connectivity index (χ4n) is 3.51. The van der Waals surface area contributed by atoms with E-state index in [2.05, 4.69) is 24.2 Å². The average Bonchev–Trinajstić information content (AvgIpc) is 3.35. The van der Waals surface area contributed by atoms with E-state index in [0.717, 1.165) is 19.4 Å². The van der Waals surface area contributed by atoms with Gasteiger partial charge in [0.2, 0.25) is 11.8 Å². The summed E-state index contributed by atoms with van der Waals surface area (Å²) < 4.78 is 23.8. The Hall–Kier alpha value is -1.88. The first-order valence-corrected chi connectivity index (χ1v) is 12.4. The molecule has 1 fully saturated rings. The molecule has 0 bridgehead atoms. The third-order valence-electron chi connectivity index (χ3n) is 5.43. The second kappa shape index (κ2) is 15.9. The molecule has 1 aromatic rings. The van der Waals surface area contributed by atoms with Crippen molar-refractivity contribution >= 4 is 11.8 Å². The number of nitrogens with zero attached hydrogens (tertiary/aromatic N) is 4. The van der Waals surface area contributed by atoms with E-state index in [1.807, 2.05) is 13.8 Å². The number of carbonyl (C=O) groups excluding carboxylic acids is 2. The molecule has 34 heavy (non-hydrogen) atoms. The Kier molecular flexibility index (Phi) is 13.3. The van der Waals surface area contributed by atoms with Gasteiger partial charge in [-0.05, 0) is 24.7 Å². The third kappa shape index (κ3) is 10.6. The Bertz CT molecular complexity index is 724. The van der Waals surface area contributed by atoms with Gasteiger partial charge in [-0.2, -0.15) is 0 Å². The highest BCUT2D eigenvalue weighted by molar-refractivity contribution is 6.03.